The average Bonchev–Trinajstić information content (AvgIpc) is 2.77. The van der Waals surface area contributed by atoms with Crippen molar-refractivity contribution in [3.05, 3.63) is 18.2 Å². The van der Waals surface area contributed by atoms with Gasteiger partial charge in [0, 0.05) is 11.9 Å². The number of rotatable bonds is 6. The molecule has 0 bridgehead atoms. The Balaban J connectivity index is 2.55. The van der Waals surface area contributed by atoms with E-state index in [1.165, 1.54) is 6.33 Å². The van der Waals surface area contributed by atoms with Crippen LogP contribution in [0.2, 0.25) is 0 Å². The Labute approximate surface area is 100.0 Å². The molecule has 0 aliphatic rings. The van der Waals surface area contributed by atoms with Gasteiger partial charge in [0.15, 0.2) is 0 Å². The summed E-state index contributed by atoms with van der Waals surface area (Å²) < 4.78 is 0. The summed E-state index contributed by atoms with van der Waals surface area (Å²) in [5.74, 6) is -0.714. The van der Waals surface area contributed by atoms with Crippen molar-refractivity contribution in [3.8, 4) is 0 Å². The number of primary amides is 1. The minimum atomic E-state index is -0.615. The van der Waals surface area contributed by atoms with Gasteiger partial charge in [0.1, 0.15) is 6.04 Å². The molecular weight excluding hydrogens is 220 g/mol. The first-order valence-electron chi connectivity index (χ1n) is 5.60. The van der Waals surface area contributed by atoms with Crippen LogP contribution in [-0.4, -0.2) is 27.8 Å². The number of carbonyl (C=O) groups is 2. The third-order valence-electron chi connectivity index (χ3n) is 2.74. The summed E-state index contributed by atoms with van der Waals surface area (Å²) >= 11 is 0. The Bertz CT molecular complexity index is 375. The SMILES string of the molecule is CC[C@H](C)[C@H](NC(=O)Cc1cnc[nH]1)C(N)=O. The molecule has 6 nitrogen and oxygen atoms in total. The quantitative estimate of drug-likeness (QED) is 0.648. The average molecular weight is 238 g/mol. The van der Waals surface area contributed by atoms with Crippen LogP contribution in [0.3, 0.4) is 0 Å². The fraction of sp³-hybridized carbons (Fsp3) is 0.545. The lowest BCUT2D eigenvalue weighted by Crippen LogP contribution is -2.48. The van der Waals surface area contributed by atoms with Gasteiger partial charge in [-0.15, -0.1) is 0 Å². The Kier molecular flexibility index (Phi) is 4.68. The van der Waals surface area contributed by atoms with Crippen LogP contribution in [0, 0.1) is 5.92 Å². The molecule has 1 heterocycles. The second kappa shape index (κ2) is 6.03. The van der Waals surface area contributed by atoms with Gasteiger partial charge in [0.25, 0.3) is 0 Å². The van der Waals surface area contributed by atoms with E-state index in [1.54, 1.807) is 6.20 Å². The molecule has 0 saturated carbocycles. The molecule has 0 aliphatic carbocycles. The predicted octanol–water partition coefficient (Wildman–Crippen LogP) is -0.0316. The molecule has 0 unspecified atom stereocenters. The van der Waals surface area contributed by atoms with Crippen LogP contribution in [0.5, 0.6) is 0 Å². The van der Waals surface area contributed by atoms with E-state index in [9.17, 15) is 9.59 Å². The highest BCUT2D eigenvalue weighted by Gasteiger charge is 2.23. The van der Waals surface area contributed by atoms with Crippen LogP contribution >= 0.6 is 0 Å². The number of hydrogen-bond donors (Lipinski definition) is 3. The molecule has 94 valence electrons. The lowest BCUT2D eigenvalue weighted by molar-refractivity contribution is -0.128. The molecule has 1 rings (SSSR count). The number of nitrogens with one attached hydrogen (secondary N) is 2. The highest BCUT2D eigenvalue weighted by molar-refractivity contribution is 5.87. The van der Waals surface area contributed by atoms with Crippen molar-refractivity contribution < 1.29 is 9.59 Å². The normalized spacial score (nSPS) is 14.0. The van der Waals surface area contributed by atoms with E-state index < -0.39 is 11.9 Å². The number of hydrogen-bond acceptors (Lipinski definition) is 3. The molecule has 6 heteroatoms. The van der Waals surface area contributed by atoms with Gasteiger partial charge in [0.05, 0.1) is 12.7 Å². The fourth-order valence-electron chi connectivity index (χ4n) is 1.51. The molecule has 17 heavy (non-hydrogen) atoms. The van der Waals surface area contributed by atoms with Crippen LogP contribution in [-0.2, 0) is 16.0 Å². The van der Waals surface area contributed by atoms with Crippen molar-refractivity contribution in [1.29, 1.82) is 0 Å². The maximum absolute atomic E-state index is 11.7. The molecule has 2 amide bonds. The first-order chi connectivity index (χ1) is 8.04. The van der Waals surface area contributed by atoms with Crippen LogP contribution in [0.1, 0.15) is 26.0 Å². The largest absolute Gasteiger partial charge is 0.368 e. The standard InChI is InChI=1S/C11H18N4O2/c1-3-7(2)10(11(12)17)15-9(16)4-8-5-13-6-14-8/h5-7,10H,3-4H2,1-2H3,(H2,12,17)(H,13,14)(H,15,16)/t7-,10-/m0/s1. The van der Waals surface area contributed by atoms with E-state index in [2.05, 4.69) is 15.3 Å². The maximum Gasteiger partial charge on any atom is 0.240 e. The number of aromatic amines is 1. The van der Waals surface area contributed by atoms with Crippen molar-refractivity contribution in [2.75, 3.05) is 0 Å². The summed E-state index contributed by atoms with van der Waals surface area (Å²) in [6, 6.07) is -0.615. The van der Waals surface area contributed by atoms with E-state index >= 15 is 0 Å². The molecule has 4 N–H and O–H groups in total. The van der Waals surface area contributed by atoms with Gasteiger partial charge in [-0.05, 0) is 5.92 Å². The van der Waals surface area contributed by atoms with Gasteiger partial charge in [0.2, 0.25) is 11.8 Å². The highest BCUT2D eigenvalue weighted by Crippen LogP contribution is 2.07. The van der Waals surface area contributed by atoms with E-state index in [0.29, 0.717) is 5.69 Å². The van der Waals surface area contributed by atoms with Crippen molar-refractivity contribution in [1.82, 2.24) is 15.3 Å². The summed E-state index contributed by atoms with van der Waals surface area (Å²) in [6.07, 6.45) is 4.02. The number of nitrogens with zero attached hydrogens (tertiary/aromatic N) is 1. The number of aromatic nitrogens is 2. The van der Waals surface area contributed by atoms with Crippen LogP contribution in [0.25, 0.3) is 0 Å². The van der Waals surface area contributed by atoms with E-state index in [4.69, 9.17) is 5.73 Å². The van der Waals surface area contributed by atoms with Crippen molar-refractivity contribution in [2.24, 2.45) is 11.7 Å². The van der Waals surface area contributed by atoms with Gasteiger partial charge >= 0.3 is 0 Å². The Morgan fingerprint density at radius 1 is 1.59 bits per heavy atom. The molecule has 0 saturated heterocycles. The molecule has 0 aromatic carbocycles. The van der Waals surface area contributed by atoms with Gasteiger partial charge < -0.3 is 16.0 Å². The van der Waals surface area contributed by atoms with E-state index in [0.717, 1.165) is 6.42 Å². The number of nitrogens with two attached hydrogens (primary N) is 1. The van der Waals surface area contributed by atoms with Crippen LogP contribution in [0.4, 0.5) is 0 Å². The van der Waals surface area contributed by atoms with E-state index in [1.807, 2.05) is 13.8 Å². The van der Waals surface area contributed by atoms with Gasteiger partial charge in [-0.1, -0.05) is 20.3 Å². The van der Waals surface area contributed by atoms with Crippen molar-refractivity contribution in [2.45, 2.75) is 32.7 Å². The fourth-order valence-corrected chi connectivity index (χ4v) is 1.51. The molecule has 1 aromatic heterocycles. The van der Waals surface area contributed by atoms with Gasteiger partial charge in [-0.2, -0.15) is 0 Å². The molecule has 0 fully saturated rings. The second-order valence-electron chi connectivity index (χ2n) is 4.09. The molecule has 1 aromatic rings. The third kappa shape index (κ3) is 3.90. The van der Waals surface area contributed by atoms with Crippen molar-refractivity contribution in [3.63, 3.8) is 0 Å². The van der Waals surface area contributed by atoms with Crippen LogP contribution < -0.4 is 11.1 Å². The summed E-state index contributed by atoms with van der Waals surface area (Å²) in [6.45, 7) is 3.83. The number of H-pyrrole nitrogens is 1. The maximum atomic E-state index is 11.7. The number of carbonyl (C=O) groups excluding carboxylic acids is 2. The Hall–Kier alpha value is -1.85. The smallest absolute Gasteiger partial charge is 0.240 e. The van der Waals surface area contributed by atoms with Gasteiger partial charge in [-0.25, -0.2) is 4.98 Å². The van der Waals surface area contributed by atoms with Gasteiger partial charge in [-0.3, -0.25) is 9.59 Å². The lowest BCUT2D eigenvalue weighted by atomic mass is 9.98. The van der Waals surface area contributed by atoms with Crippen molar-refractivity contribution >= 4 is 11.8 Å². The topological polar surface area (TPSA) is 101 Å². The minimum Gasteiger partial charge on any atom is -0.368 e. The molecular formula is C11H18N4O2. The van der Waals surface area contributed by atoms with E-state index in [-0.39, 0.29) is 18.2 Å². The minimum absolute atomic E-state index is 0.0261. The first-order valence-corrected chi connectivity index (χ1v) is 5.60. The zero-order valence-corrected chi connectivity index (χ0v) is 10.1. The number of imidazole rings is 1. The molecule has 2 atom stereocenters. The zero-order chi connectivity index (χ0) is 12.8. The zero-order valence-electron chi connectivity index (χ0n) is 10.1. The Morgan fingerprint density at radius 2 is 2.29 bits per heavy atom. The molecule has 0 aliphatic heterocycles. The Morgan fingerprint density at radius 3 is 2.76 bits per heavy atom. The monoisotopic (exact) mass is 238 g/mol. The molecule has 0 radical (unpaired) electrons. The summed E-state index contributed by atoms with van der Waals surface area (Å²) in [7, 11) is 0. The molecule has 0 spiro atoms. The lowest BCUT2D eigenvalue weighted by Gasteiger charge is -2.20. The second-order valence-corrected chi connectivity index (χ2v) is 4.09. The summed E-state index contributed by atoms with van der Waals surface area (Å²) in [4.78, 5) is 29.5. The first kappa shape index (κ1) is 13.2. The number of amides is 2. The summed E-state index contributed by atoms with van der Waals surface area (Å²) in [5, 5.41) is 2.64. The summed E-state index contributed by atoms with van der Waals surface area (Å²) in [5.41, 5.74) is 5.96. The third-order valence-corrected chi connectivity index (χ3v) is 2.74. The van der Waals surface area contributed by atoms with Crippen LogP contribution in [0.15, 0.2) is 12.5 Å². The predicted molar refractivity (Wildman–Crippen MR) is 62.9 cm³/mol. The highest BCUT2D eigenvalue weighted by atomic mass is 16.2.